The minimum atomic E-state index is 0.861. The Bertz CT molecular complexity index is 644. The topological polar surface area (TPSA) is 0 Å². The zero-order valence-corrected chi connectivity index (χ0v) is 23.3. The molecule has 2 aromatic rings. The first kappa shape index (κ1) is 28.9. The quantitative estimate of drug-likeness (QED) is 0.369. The van der Waals surface area contributed by atoms with Crippen molar-refractivity contribution in [3.63, 3.8) is 0 Å². The maximum Gasteiger partial charge on any atom is 0.0878 e. The third kappa shape index (κ3) is 12.5. The van der Waals surface area contributed by atoms with E-state index in [0.717, 1.165) is 17.8 Å². The summed E-state index contributed by atoms with van der Waals surface area (Å²) in [6.07, 6.45) is 32.1. The van der Waals surface area contributed by atoms with Crippen LogP contribution in [-0.4, -0.2) is 0 Å². The van der Waals surface area contributed by atoms with Gasteiger partial charge in [-0.05, 0) is 49.0 Å². The highest BCUT2D eigenvalue weighted by Gasteiger charge is 2.27. The number of hydrogen-bond acceptors (Lipinski definition) is 0. The van der Waals surface area contributed by atoms with Crippen molar-refractivity contribution < 1.29 is 0 Å². The minimum Gasteiger partial charge on any atom is -0.0623 e. The zero-order chi connectivity index (χ0) is 24.9. The van der Waals surface area contributed by atoms with E-state index in [1.807, 2.05) is 36.4 Å². The predicted octanol–water partition coefficient (Wildman–Crippen LogP) is 11.7. The third-order valence-electron chi connectivity index (χ3n) is 8.84. The van der Waals surface area contributed by atoms with Crippen LogP contribution >= 0.6 is 0 Å². The van der Waals surface area contributed by atoms with Gasteiger partial charge in [-0.1, -0.05) is 157 Å². The number of hydrogen-bond donors (Lipinski definition) is 0. The van der Waals surface area contributed by atoms with Crippen LogP contribution in [0.1, 0.15) is 140 Å². The Labute approximate surface area is 224 Å². The van der Waals surface area contributed by atoms with E-state index >= 15 is 0 Å². The van der Waals surface area contributed by atoms with E-state index in [2.05, 4.69) is 36.8 Å². The Morgan fingerprint density at radius 2 is 0.750 bits per heavy atom. The summed E-state index contributed by atoms with van der Waals surface area (Å²) in [7, 11) is 0. The molecule has 0 radical (unpaired) electrons. The van der Waals surface area contributed by atoms with Crippen LogP contribution < -0.4 is 0 Å². The maximum atomic E-state index is 2.49. The molecule has 4 saturated carbocycles. The lowest BCUT2D eigenvalue weighted by molar-refractivity contribution is 0.210. The van der Waals surface area contributed by atoms with Crippen molar-refractivity contribution in [1.82, 2.24) is 0 Å². The monoisotopic (exact) mass is 487 g/mol. The summed E-state index contributed by atoms with van der Waals surface area (Å²) < 4.78 is 0. The highest BCUT2D eigenvalue weighted by molar-refractivity contribution is 5.19. The molecule has 6 rings (SSSR count). The summed E-state index contributed by atoms with van der Waals surface area (Å²) in [5.74, 6) is 3.09. The summed E-state index contributed by atoms with van der Waals surface area (Å²) in [5.41, 5.74) is 1.55. The molecule has 0 atom stereocenters. The van der Waals surface area contributed by atoms with Gasteiger partial charge in [-0.3, -0.25) is 0 Å². The van der Waals surface area contributed by atoms with Gasteiger partial charge in [-0.2, -0.15) is 0 Å². The van der Waals surface area contributed by atoms with Crippen molar-refractivity contribution >= 4 is 0 Å². The Morgan fingerprint density at radius 3 is 1.22 bits per heavy atom. The summed E-state index contributed by atoms with van der Waals surface area (Å²) in [6.45, 7) is 0. The van der Waals surface area contributed by atoms with E-state index in [-0.39, 0.29) is 0 Å². The summed E-state index contributed by atoms with van der Waals surface area (Å²) in [4.78, 5) is 0. The SMILES string of the molecule is C1CCCCC1.[CH+]1CCC(C2CCCCC2)CC1.c1ccc(C2CCCCC2)cc1.c1ccccc1. The van der Waals surface area contributed by atoms with E-state index < -0.39 is 0 Å². The molecule has 0 heterocycles. The summed E-state index contributed by atoms with van der Waals surface area (Å²) >= 11 is 0. The second kappa shape index (κ2) is 19.4. The lowest BCUT2D eigenvalue weighted by atomic mass is 9.73. The molecule has 0 bridgehead atoms. The Kier molecular flexibility index (Phi) is 15.6. The lowest BCUT2D eigenvalue weighted by Gasteiger charge is -2.30. The standard InChI is InChI=1S/C12H21.C12H16.C6H12.C6H6/c2*1-3-7-11(8-4-1)12-9-5-2-6-10-12;2*1-2-4-6-5-3-1/h1,11-12H,2-10H2;1,3-4,7-8,12H,2,5-6,9-10H2;1-6H2;1-6H/q+1;;;. The second-order valence-corrected chi connectivity index (χ2v) is 11.6. The van der Waals surface area contributed by atoms with Gasteiger partial charge < -0.3 is 0 Å². The summed E-state index contributed by atoms with van der Waals surface area (Å²) in [6, 6.07) is 23.0. The van der Waals surface area contributed by atoms with Crippen molar-refractivity contribution in [2.45, 2.75) is 134 Å². The van der Waals surface area contributed by atoms with Crippen LogP contribution in [0.5, 0.6) is 0 Å². The zero-order valence-electron chi connectivity index (χ0n) is 23.3. The molecule has 0 saturated heterocycles. The van der Waals surface area contributed by atoms with Crippen molar-refractivity contribution in [3.05, 3.63) is 78.7 Å². The van der Waals surface area contributed by atoms with E-state index in [4.69, 9.17) is 0 Å². The van der Waals surface area contributed by atoms with Gasteiger partial charge in [0.2, 0.25) is 0 Å². The molecule has 0 N–H and O–H groups in total. The van der Waals surface area contributed by atoms with Crippen LogP contribution in [0.3, 0.4) is 0 Å². The maximum absolute atomic E-state index is 2.49. The van der Waals surface area contributed by atoms with E-state index in [1.165, 1.54) is 116 Å². The van der Waals surface area contributed by atoms with Crippen LogP contribution in [0.2, 0.25) is 0 Å². The minimum absolute atomic E-state index is 0.861. The average molecular weight is 488 g/mol. The fourth-order valence-electron chi connectivity index (χ4n) is 6.64. The van der Waals surface area contributed by atoms with E-state index in [1.54, 1.807) is 18.4 Å². The normalized spacial score (nSPS) is 21.2. The van der Waals surface area contributed by atoms with Crippen molar-refractivity contribution in [1.29, 1.82) is 0 Å². The van der Waals surface area contributed by atoms with Gasteiger partial charge in [0.05, 0.1) is 19.3 Å². The van der Waals surface area contributed by atoms with Crippen LogP contribution in [0.25, 0.3) is 0 Å². The average Bonchev–Trinajstić information content (AvgIpc) is 3.02. The molecular formula is C36H55+. The molecule has 2 aromatic carbocycles. The van der Waals surface area contributed by atoms with E-state index in [0.29, 0.717) is 0 Å². The highest BCUT2D eigenvalue weighted by Crippen LogP contribution is 2.37. The van der Waals surface area contributed by atoms with Gasteiger partial charge in [0, 0.05) is 0 Å². The van der Waals surface area contributed by atoms with Gasteiger partial charge in [0.25, 0.3) is 0 Å². The van der Waals surface area contributed by atoms with Crippen LogP contribution in [0.4, 0.5) is 0 Å². The predicted molar refractivity (Wildman–Crippen MR) is 159 cm³/mol. The molecule has 4 fully saturated rings. The Hall–Kier alpha value is -1.69. The Morgan fingerprint density at radius 1 is 0.389 bits per heavy atom. The Balaban J connectivity index is 0.000000141. The molecule has 36 heavy (non-hydrogen) atoms. The fraction of sp³-hybridized carbons (Fsp3) is 0.639. The number of rotatable bonds is 2. The first-order valence-electron chi connectivity index (χ1n) is 15.8. The molecule has 0 amide bonds. The van der Waals surface area contributed by atoms with Gasteiger partial charge in [0.1, 0.15) is 0 Å². The molecule has 0 unspecified atom stereocenters. The van der Waals surface area contributed by atoms with Crippen molar-refractivity contribution in [3.8, 4) is 0 Å². The smallest absolute Gasteiger partial charge is 0.0623 e. The molecule has 0 nitrogen and oxygen atoms in total. The first-order valence-corrected chi connectivity index (χ1v) is 15.8. The molecule has 4 aliphatic carbocycles. The molecule has 0 heteroatoms. The van der Waals surface area contributed by atoms with Crippen LogP contribution in [0, 0.1) is 18.3 Å². The summed E-state index contributed by atoms with van der Waals surface area (Å²) in [5, 5.41) is 0. The molecule has 4 aliphatic rings. The fourth-order valence-corrected chi connectivity index (χ4v) is 6.64. The van der Waals surface area contributed by atoms with Gasteiger partial charge in [-0.15, -0.1) is 0 Å². The molecule has 198 valence electrons. The molecule has 0 spiro atoms. The van der Waals surface area contributed by atoms with Gasteiger partial charge in [0.15, 0.2) is 0 Å². The first-order chi connectivity index (χ1) is 17.9. The molecular weight excluding hydrogens is 432 g/mol. The second-order valence-electron chi connectivity index (χ2n) is 11.6. The van der Waals surface area contributed by atoms with Gasteiger partial charge >= 0.3 is 0 Å². The van der Waals surface area contributed by atoms with Crippen molar-refractivity contribution in [2.24, 2.45) is 11.8 Å². The lowest BCUT2D eigenvalue weighted by Crippen LogP contribution is -2.20. The van der Waals surface area contributed by atoms with E-state index in [9.17, 15) is 0 Å². The largest absolute Gasteiger partial charge is 0.0878 e. The third-order valence-corrected chi connectivity index (χ3v) is 8.84. The molecule has 0 aliphatic heterocycles. The van der Waals surface area contributed by atoms with Crippen LogP contribution in [-0.2, 0) is 0 Å². The molecule has 0 aromatic heterocycles. The highest BCUT2D eigenvalue weighted by atomic mass is 14.3. The van der Waals surface area contributed by atoms with Gasteiger partial charge in [-0.25, -0.2) is 0 Å². The van der Waals surface area contributed by atoms with Crippen molar-refractivity contribution in [2.75, 3.05) is 0 Å². The number of benzene rings is 2. The van der Waals surface area contributed by atoms with Crippen LogP contribution in [0.15, 0.2) is 66.7 Å².